The Balaban J connectivity index is 2.91. The van der Waals surface area contributed by atoms with Gasteiger partial charge in [-0.3, -0.25) is 4.79 Å². The second-order valence-corrected chi connectivity index (χ2v) is 4.89. The normalized spacial score (nSPS) is 14.4. The first-order valence-electron chi connectivity index (χ1n) is 5.60. The van der Waals surface area contributed by atoms with Gasteiger partial charge in [0, 0.05) is 23.4 Å². The Kier molecular flexibility index (Phi) is 4.66. The number of rotatable bonds is 5. The van der Waals surface area contributed by atoms with Gasteiger partial charge >= 0.3 is 0 Å². The summed E-state index contributed by atoms with van der Waals surface area (Å²) in [5.41, 5.74) is 5.34. The molecule has 0 spiro atoms. The zero-order chi connectivity index (χ0) is 13.1. The number of hydrogen-bond donors (Lipinski definition) is 1. The summed E-state index contributed by atoms with van der Waals surface area (Å²) in [4.78, 5) is 12.1. The van der Waals surface area contributed by atoms with Gasteiger partial charge in [-0.1, -0.05) is 25.4 Å². The lowest BCUT2D eigenvalue weighted by Gasteiger charge is -2.24. The first-order valence-corrected chi connectivity index (χ1v) is 5.98. The van der Waals surface area contributed by atoms with E-state index >= 15 is 0 Å². The molecule has 0 heterocycles. The van der Waals surface area contributed by atoms with Gasteiger partial charge in [-0.05, 0) is 30.2 Å². The highest BCUT2D eigenvalue weighted by Gasteiger charge is 2.29. The van der Waals surface area contributed by atoms with Crippen LogP contribution in [0.3, 0.4) is 0 Å². The molecule has 1 aromatic carbocycles. The number of nitrogens with two attached hydrogens (primary N) is 1. The van der Waals surface area contributed by atoms with E-state index in [0.717, 1.165) is 0 Å². The number of Topliss-reactive ketones (excluding diaryl/α,β-unsaturated/α-hetero) is 1. The van der Waals surface area contributed by atoms with Crippen molar-refractivity contribution in [2.75, 3.05) is 6.54 Å². The number of benzene rings is 1. The molecule has 4 heteroatoms. The van der Waals surface area contributed by atoms with Gasteiger partial charge in [0.15, 0.2) is 0 Å². The fourth-order valence-electron chi connectivity index (χ4n) is 1.52. The minimum atomic E-state index is -0.589. The van der Waals surface area contributed by atoms with Crippen LogP contribution in [0.2, 0.25) is 5.02 Å². The third-order valence-electron chi connectivity index (χ3n) is 3.26. The van der Waals surface area contributed by atoms with Crippen LogP contribution < -0.4 is 5.73 Å². The third kappa shape index (κ3) is 3.27. The van der Waals surface area contributed by atoms with Gasteiger partial charge in [-0.2, -0.15) is 0 Å². The van der Waals surface area contributed by atoms with Crippen LogP contribution in [-0.4, -0.2) is 12.3 Å². The summed E-state index contributed by atoms with van der Waals surface area (Å²) in [5, 5.41) is 0.431. The first kappa shape index (κ1) is 14.1. The van der Waals surface area contributed by atoms with E-state index in [0.29, 0.717) is 17.0 Å². The summed E-state index contributed by atoms with van der Waals surface area (Å²) in [7, 11) is 0. The van der Waals surface area contributed by atoms with Crippen molar-refractivity contribution in [1.29, 1.82) is 0 Å². The zero-order valence-corrected chi connectivity index (χ0v) is 10.9. The van der Waals surface area contributed by atoms with E-state index in [1.807, 2.05) is 6.92 Å². The lowest BCUT2D eigenvalue weighted by atomic mass is 9.80. The average Bonchev–Trinajstić information content (AvgIpc) is 2.32. The summed E-state index contributed by atoms with van der Waals surface area (Å²) in [6, 6.07) is 4.23. The van der Waals surface area contributed by atoms with Crippen molar-refractivity contribution < 1.29 is 9.18 Å². The molecule has 0 aliphatic rings. The lowest BCUT2D eigenvalue weighted by molar-refractivity contribution is -0.127. The lowest BCUT2D eigenvalue weighted by Crippen LogP contribution is -2.36. The highest BCUT2D eigenvalue weighted by atomic mass is 35.5. The molecule has 0 aliphatic heterocycles. The van der Waals surface area contributed by atoms with E-state index in [1.165, 1.54) is 18.2 Å². The van der Waals surface area contributed by atoms with Crippen molar-refractivity contribution in [3.05, 3.63) is 34.6 Å². The summed E-state index contributed by atoms with van der Waals surface area (Å²) in [6.07, 6.45) is 0.679. The van der Waals surface area contributed by atoms with E-state index in [1.54, 1.807) is 6.92 Å². The van der Waals surface area contributed by atoms with E-state index < -0.39 is 11.2 Å². The molecule has 1 unspecified atom stereocenters. The van der Waals surface area contributed by atoms with Crippen molar-refractivity contribution in [1.82, 2.24) is 0 Å². The monoisotopic (exact) mass is 257 g/mol. The number of carbonyl (C=O) groups is 1. The summed E-state index contributed by atoms with van der Waals surface area (Å²) in [6.45, 7) is 3.97. The van der Waals surface area contributed by atoms with Crippen LogP contribution in [0.5, 0.6) is 0 Å². The largest absolute Gasteiger partial charge is 0.329 e. The summed E-state index contributed by atoms with van der Waals surface area (Å²) >= 11 is 5.78. The highest BCUT2D eigenvalue weighted by molar-refractivity contribution is 6.30. The molecule has 94 valence electrons. The van der Waals surface area contributed by atoms with Crippen LogP contribution in [-0.2, 0) is 11.2 Å². The number of hydrogen-bond acceptors (Lipinski definition) is 2. The smallest absolute Gasteiger partial charge is 0.144 e. The Morgan fingerprint density at radius 3 is 2.71 bits per heavy atom. The van der Waals surface area contributed by atoms with E-state index in [9.17, 15) is 9.18 Å². The van der Waals surface area contributed by atoms with Crippen LogP contribution in [0.25, 0.3) is 0 Å². The van der Waals surface area contributed by atoms with Gasteiger partial charge in [0.2, 0.25) is 0 Å². The third-order valence-corrected chi connectivity index (χ3v) is 3.50. The molecule has 17 heavy (non-hydrogen) atoms. The molecule has 0 amide bonds. The Bertz CT molecular complexity index is 416. The van der Waals surface area contributed by atoms with Crippen molar-refractivity contribution in [2.45, 2.75) is 26.7 Å². The molecule has 2 N–H and O–H groups in total. The predicted molar refractivity (Wildman–Crippen MR) is 67.6 cm³/mol. The standard InChI is InChI=1S/C13H17ClFNO/c1-3-13(2,8-16)12(17)7-9-6-10(14)4-5-11(9)15/h4-6H,3,7-8,16H2,1-2H3. The molecule has 0 aromatic heterocycles. The molecule has 2 nitrogen and oxygen atoms in total. The fourth-order valence-corrected chi connectivity index (χ4v) is 1.72. The van der Waals surface area contributed by atoms with Gasteiger partial charge in [0.1, 0.15) is 11.6 Å². The first-order chi connectivity index (χ1) is 7.92. The SMILES string of the molecule is CCC(C)(CN)C(=O)Cc1cc(Cl)ccc1F. The number of ketones is 1. The average molecular weight is 258 g/mol. The fraction of sp³-hybridized carbons (Fsp3) is 0.462. The Morgan fingerprint density at radius 2 is 2.18 bits per heavy atom. The minimum Gasteiger partial charge on any atom is -0.329 e. The molecule has 1 atom stereocenters. The van der Waals surface area contributed by atoms with Crippen LogP contribution in [0.4, 0.5) is 4.39 Å². The zero-order valence-electron chi connectivity index (χ0n) is 10.1. The van der Waals surface area contributed by atoms with Crippen molar-refractivity contribution in [2.24, 2.45) is 11.1 Å². The van der Waals surface area contributed by atoms with Gasteiger partial charge in [0.25, 0.3) is 0 Å². The molecule has 1 rings (SSSR count). The van der Waals surface area contributed by atoms with Crippen LogP contribution in [0.15, 0.2) is 18.2 Å². The Morgan fingerprint density at radius 1 is 1.53 bits per heavy atom. The summed E-state index contributed by atoms with van der Waals surface area (Å²) in [5.74, 6) is -0.457. The van der Waals surface area contributed by atoms with Crippen molar-refractivity contribution in [3.63, 3.8) is 0 Å². The number of halogens is 2. The van der Waals surface area contributed by atoms with Crippen LogP contribution in [0, 0.1) is 11.2 Å². The minimum absolute atomic E-state index is 0.0356. The Labute approximate surface area is 106 Å². The predicted octanol–water partition coefficient (Wildman–Crippen LogP) is 2.97. The maximum atomic E-state index is 13.5. The van der Waals surface area contributed by atoms with E-state index in [2.05, 4.69) is 0 Å². The quantitative estimate of drug-likeness (QED) is 0.881. The molecule has 0 aliphatic carbocycles. The molecule has 0 fully saturated rings. The maximum absolute atomic E-state index is 13.5. The van der Waals surface area contributed by atoms with E-state index in [-0.39, 0.29) is 18.7 Å². The second-order valence-electron chi connectivity index (χ2n) is 4.45. The second kappa shape index (κ2) is 5.61. The molecule has 0 saturated heterocycles. The molecule has 0 bridgehead atoms. The molecular formula is C13H17ClFNO. The highest BCUT2D eigenvalue weighted by Crippen LogP contribution is 2.24. The summed E-state index contributed by atoms with van der Waals surface area (Å²) < 4.78 is 13.5. The van der Waals surface area contributed by atoms with Gasteiger partial charge in [-0.15, -0.1) is 0 Å². The van der Waals surface area contributed by atoms with E-state index in [4.69, 9.17) is 17.3 Å². The van der Waals surface area contributed by atoms with Gasteiger partial charge in [0.05, 0.1) is 0 Å². The number of carbonyl (C=O) groups excluding carboxylic acids is 1. The molecule has 1 aromatic rings. The van der Waals surface area contributed by atoms with Crippen LogP contribution >= 0.6 is 11.6 Å². The van der Waals surface area contributed by atoms with Gasteiger partial charge in [-0.25, -0.2) is 4.39 Å². The topological polar surface area (TPSA) is 43.1 Å². The van der Waals surface area contributed by atoms with Crippen molar-refractivity contribution in [3.8, 4) is 0 Å². The van der Waals surface area contributed by atoms with Crippen molar-refractivity contribution >= 4 is 17.4 Å². The maximum Gasteiger partial charge on any atom is 0.144 e. The molecule has 0 saturated carbocycles. The molecular weight excluding hydrogens is 241 g/mol. The van der Waals surface area contributed by atoms with Gasteiger partial charge < -0.3 is 5.73 Å². The van der Waals surface area contributed by atoms with Crippen LogP contribution in [0.1, 0.15) is 25.8 Å². The molecule has 0 radical (unpaired) electrons. The Hall–Kier alpha value is -0.930.